The predicted octanol–water partition coefficient (Wildman–Crippen LogP) is 6.21. The Bertz CT molecular complexity index is 1310. The number of ketones is 1. The average molecular weight is 494 g/mol. The molecule has 0 aromatic heterocycles. The quantitative estimate of drug-likeness (QED) is 0.501. The van der Waals surface area contributed by atoms with Crippen molar-refractivity contribution in [3.8, 4) is 11.8 Å². The van der Waals surface area contributed by atoms with Crippen LogP contribution >= 0.6 is 0 Å². The standard InChI is InChI=1S/C28H26F3N3O2/c1-4-12-36-20-10-8-17(9-11-20)24-21(16-32)26(33)34(19-7-5-6-18(13-19)28(29,30)31)22-14-27(2,3)15-23(35)25(22)24/h4-11,13,24H,1,12,14-15,33H2,2-3H3/t24-/m0/s1. The predicted molar refractivity (Wildman–Crippen MR) is 131 cm³/mol. The molecule has 2 aromatic carbocycles. The maximum atomic E-state index is 13.5. The first-order valence-corrected chi connectivity index (χ1v) is 11.4. The van der Waals surface area contributed by atoms with Gasteiger partial charge in [-0.1, -0.05) is 44.7 Å². The van der Waals surface area contributed by atoms with E-state index in [0.717, 1.165) is 12.1 Å². The molecule has 2 N–H and O–H groups in total. The van der Waals surface area contributed by atoms with Crippen LogP contribution in [-0.2, 0) is 11.0 Å². The Kier molecular flexibility index (Phi) is 6.44. The van der Waals surface area contributed by atoms with Crippen molar-refractivity contribution in [2.24, 2.45) is 11.1 Å². The summed E-state index contributed by atoms with van der Waals surface area (Å²) in [6.07, 6.45) is -2.29. The third-order valence-electron chi connectivity index (χ3n) is 6.39. The number of alkyl halides is 3. The van der Waals surface area contributed by atoms with E-state index in [0.29, 0.717) is 35.6 Å². The Morgan fingerprint density at radius 3 is 2.53 bits per heavy atom. The molecule has 0 amide bonds. The van der Waals surface area contributed by atoms with E-state index < -0.39 is 23.1 Å². The molecule has 0 spiro atoms. The van der Waals surface area contributed by atoms with Gasteiger partial charge in [-0.15, -0.1) is 0 Å². The summed E-state index contributed by atoms with van der Waals surface area (Å²) in [5, 5.41) is 10.1. The number of rotatable bonds is 5. The molecular formula is C28H26F3N3O2. The first-order chi connectivity index (χ1) is 17.0. The summed E-state index contributed by atoms with van der Waals surface area (Å²) in [5.41, 5.74) is 7.07. The summed E-state index contributed by atoms with van der Waals surface area (Å²) >= 11 is 0. The second-order valence-electron chi connectivity index (χ2n) is 9.70. The number of Topliss-reactive ketones (excluding diaryl/α,β-unsaturated/α-hetero) is 1. The number of nitrogens with two attached hydrogens (primary N) is 1. The highest BCUT2D eigenvalue weighted by Crippen LogP contribution is 2.50. The van der Waals surface area contributed by atoms with Crippen LogP contribution in [0.1, 0.15) is 43.7 Å². The second kappa shape index (κ2) is 9.23. The lowest BCUT2D eigenvalue weighted by molar-refractivity contribution is -0.137. The van der Waals surface area contributed by atoms with Crippen molar-refractivity contribution in [3.63, 3.8) is 0 Å². The number of hydrogen-bond acceptors (Lipinski definition) is 5. The van der Waals surface area contributed by atoms with Gasteiger partial charge >= 0.3 is 6.18 Å². The lowest BCUT2D eigenvalue weighted by atomic mass is 9.68. The van der Waals surface area contributed by atoms with Gasteiger partial charge in [0.15, 0.2) is 5.78 Å². The van der Waals surface area contributed by atoms with Crippen molar-refractivity contribution in [1.29, 1.82) is 5.26 Å². The number of nitrogens with zero attached hydrogens (tertiary/aromatic N) is 2. The zero-order valence-corrected chi connectivity index (χ0v) is 20.0. The molecule has 8 heteroatoms. The monoisotopic (exact) mass is 493 g/mol. The van der Waals surface area contributed by atoms with E-state index in [1.165, 1.54) is 17.0 Å². The van der Waals surface area contributed by atoms with Gasteiger partial charge in [0, 0.05) is 23.4 Å². The van der Waals surface area contributed by atoms with Gasteiger partial charge in [0.25, 0.3) is 0 Å². The number of carbonyl (C=O) groups is 1. The molecule has 36 heavy (non-hydrogen) atoms. The molecule has 0 fully saturated rings. The van der Waals surface area contributed by atoms with Gasteiger partial charge in [-0.25, -0.2) is 0 Å². The summed E-state index contributed by atoms with van der Waals surface area (Å²) in [4.78, 5) is 15.0. The molecule has 0 saturated heterocycles. The van der Waals surface area contributed by atoms with Crippen LogP contribution in [-0.4, -0.2) is 12.4 Å². The number of benzene rings is 2. The third kappa shape index (κ3) is 4.61. The molecule has 2 aromatic rings. The van der Waals surface area contributed by atoms with Crippen LogP contribution in [0.15, 0.2) is 83.9 Å². The molecule has 0 radical (unpaired) electrons. The van der Waals surface area contributed by atoms with Crippen molar-refractivity contribution in [2.45, 2.75) is 38.8 Å². The Labute approximate surface area is 208 Å². The van der Waals surface area contributed by atoms with Crippen LogP contribution in [0.2, 0.25) is 0 Å². The van der Waals surface area contributed by atoms with Crippen molar-refractivity contribution in [2.75, 3.05) is 11.5 Å². The van der Waals surface area contributed by atoms with Gasteiger partial charge in [-0.05, 0) is 47.7 Å². The number of nitriles is 1. The van der Waals surface area contributed by atoms with Gasteiger partial charge in [-0.3, -0.25) is 9.69 Å². The summed E-state index contributed by atoms with van der Waals surface area (Å²) in [5.74, 6) is -0.279. The summed E-state index contributed by atoms with van der Waals surface area (Å²) in [6, 6.07) is 13.9. The number of halogens is 3. The molecular weight excluding hydrogens is 467 g/mol. The SMILES string of the molecule is C=CCOc1ccc([C@H]2C(C#N)=C(N)N(c3cccc(C(F)(F)F)c3)C3=C2C(=O)CC(C)(C)C3)cc1. The van der Waals surface area contributed by atoms with Gasteiger partial charge in [0.1, 0.15) is 18.2 Å². The van der Waals surface area contributed by atoms with E-state index in [2.05, 4.69) is 12.6 Å². The fourth-order valence-corrected chi connectivity index (χ4v) is 4.87. The highest BCUT2D eigenvalue weighted by Gasteiger charge is 2.45. The lowest BCUT2D eigenvalue weighted by Crippen LogP contribution is -2.42. The zero-order chi connectivity index (χ0) is 26.3. The van der Waals surface area contributed by atoms with E-state index in [1.807, 2.05) is 13.8 Å². The fourth-order valence-electron chi connectivity index (χ4n) is 4.87. The average Bonchev–Trinajstić information content (AvgIpc) is 2.81. The Hall–Kier alpha value is -3.99. The summed E-state index contributed by atoms with van der Waals surface area (Å²) in [6.45, 7) is 7.81. The van der Waals surface area contributed by atoms with Gasteiger partial charge in [0.2, 0.25) is 0 Å². The Morgan fingerprint density at radius 2 is 1.92 bits per heavy atom. The van der Waals surface area contributed by atoms with E-state index in [9.17, 15) is 23.2 Å². The molecule has 1 aliphatic carbocycles. The number of allylic oxidation sites excluding steroid dienone is 3. The van der Waals surface area contributed by atoms with Crippen molar-refractivity contribution < 1.29 is 22.7 Å². The topological polar surface area (TPSA) is 79.3 Å². The van der Waals surface area contributed by atoms with Crippen LogP contribution in [0.4, 0.5) is 18.9 Å². The van der Waals surface area contributed by atoms with Crippen molar-refractivity contribution >= 4 is 11.5 Å². The third-order valence-corrected chi connectivity index (χ3v) is 6.39. The second-order valence-corrected chi connectivity index (χ2v) is 9.70. The van der Waals surface area contributed by atoms with E-state index >= 15 is 0 Å². The first-order valence-electron chi connectivity index (χ1n) is 11.4. The van der Waals surface area contributed by atoms with Gasteiger partial charge < -0.3 is 10.5 Å². The van der Waals surface area contributed by atoms with Crippen molar-refractivity contribution in [3.05, 3.63) is 95.0 Å². The molecule has 1 aliphatic heterocycles. The number of anilines is 1. The molecule has 4 rings (SSSR count). The van der Waals surface area contributed by atoms with Crippen LogP contribution < -0.4 is 15.4 Å². The molecule has 0 unspecified atom stereocenters. The number of carbonyl (C=O) groups excluding carboxylic acids is 1. The maximum Gasteiger partial charge on any atom is 0.416 e. The molecule has 2 aliphatic rings. The van der Waals surface area contributed by atoms with Crippen molar-refractivity contribution in [1.82, 2.24) is 0 Å². The van der Waals surface area contributed by atoms with Crippen LogP contribution in [0, 0.1) is 16.7 Å². The lowest BCUT2D eigenvalue weighted by Gasteiger charge is -2.43. The van der Waals surface area contributed by atoms with Crippen LogP contribution in [0.25, 0.3) is 0 Å². The minimum atomic E-state index is -4.56. The fraction of sp³-hybridized carbons (Fsp3) is 0.286. The molecule has 0 bridgehead atoms. The normalized spacial score (nSPS) is 19.6. The molecule has 0 saturated carbocycles. The van der Waals surface area contributed by atoms with Gasteiger partial charge in [-0.2, -0.15) is 18.4 Å². The minimum absolute atomic E-state index is 0.0121. The highest BCUT2D eigenvalue weighted by atomic mass is 19.4. The molecule has 186 valence electrons. The first kappa shape index (κ1) is 25.1. The largest absolute Gasteiger partial charge is 0.490 e. The number of ether oxygens (including phenoxy) is 1. The van der Waals surface area contributed by atoms with Gasteiger partial charge in [0.05, 0.1) is 23.1 Å². The summed E-state index contributed by atoms with van der Waals surface area (Å²) < 4.78 is 46.0. The van der Waals surface area contributed by atoms with Crippen LogP contribution in [0.5, 0.6) is 5.75 Å². The molecule has 1 heterocycles. The Morgan fingerprint density at radius 1 is 1.22 bits per heavy atom. The van der Waals surface area contributed by atoms with E-state index in [1.54, 1.807) is 30.3 Å². The molecule has 1 atom stereocenters. The van der Waals surface area contributed by atoms with E-state index in [4.69, 9.17) is 10.5 Å². The Balaban J connectivity index is 1.91. The number of hydrogen-bond donors (Lipinski definition) is 1. The highest BCUT2D eigenvalue weighted by molar-refractivity contribution is 6.01. The van der Waals surface area contributed by atoms with E-state index in [-0.39, 0.29) is 29.3 Å². The summed E-state index contributed by atoms with van der Waals surface area (Å²) in [7, 11) is 0. The van der Waals surface area contributed by atoms with Crippen LogP contribution in [0.3, 0.4) is 0 Å². The minimum Gasteiger partial charge on any atom is -0.490 e. The smallest absolute Gasteiger partial charge is 0.416 e. The molecule has 5 nitrogen and oxygen atoms in total. The zero-order valence-electron chi connectivity index (χ0n) is 20.0. The maximum absolute atomic E-state index is 13.5.